The third-order valence-electron chi connectivity index (χ3n) is 3.39. The van der Waals surface area contributed by atoms with Crippen LogP contribution in [0.2, 0.25) is 0 Å². The van der Waals surface area contributed by atoms with Crippen molar-refractivity contribution in [3.63, 3.8) is 0 Å². The number of pyridine rings is 1. The van der Waals surface area contributed by atoms with Crippen molar-refractivity contribution >= 4 is 11.8 Å². The Balaban J connectivity index is 2.21. The molecule has 0 saturated heterocycles. The van der Waals surface area contributed by atoms with E-state index >= 15 is 0 Å². The maximum Gasteiger partial charge on any atom is 0.319 e. The zero-order valence-electron chi connectivity index (χ0n) is 12.4. The van der Waals surface area contributed by atoms with Crippen LogP contribution in [0.25, 0.3) is 0 Å². The average Bonchev–Trinajstić information content (AvgIpc) is 2.63. The molecule has 0 N–H and O–H groups in total. The molecule has 0 saturated carbocycles. The molecule has 0 aromatic carbocycles. The van der Waals surface area contributed by atoms with E-state index in [0.29, 0.717) is 19.7 Å². The monoisotopic (exact) mass is 278 g/mol. The van der Waals surface area contributed by atoms with Gasteiger partial charge in [-0.05, 0) is 6.07 Å². The van der Waals surface area contributed by atoms with Crippen molar-refractivity contribution in [3.05, 3.63) is 23.9 Å². The molecule has 2 amide bonds. The van der Waals surface area contributed by atoms with E-state index in [9.17, 15) is 4.79 Å². The molecular formula is C14H22N4O2. The van der Waals surface area contributed by atoms with Gasteiger partial charge in [-0.15, -0.1) is 0 Å². The molecule has 20 heavy (non-hydrogen) atoms. The number of fused-ring (bicyclic) bond motifs is 1. The highest BCUT2D eigenvalue weighted by atomic mass is 16.5. The largest absolute Gasteiger partial charge is 0.383 e. The Morgan fingerprint density at radius 1 is 1.45 bits per heavy atom. The zero-order valence-corrected chi connectivity index (χ0v) is 12.4. The molecule has 1 aliphatic rings. The number of urea groups is 1. The Morgan fingerprint density at radius 3 is 2.95 bits per heavy atom. The summed E-state index contributed by atoms with van der Waals surface area (Å²) < 4.78 is 5.15. The smallest absolute Gasteiger partial charge is 0.319 e. The van der Waals surface area contributed by atoms with E-state index in [4.69, 9.17) is 4.74 Å². The minimum atomic E-state index is 0.0356. The molecule has 110 valence electrons. The van der Waals surface area contributed by atoms with E-state index < -0.39 is 0 Å². The van der Waals surface area contributed by atoms with Gasteiger partial charge in [0, 0.05) is 52.6 Å². The summed E-state index contributed by atoms with van der Waals surface area (Å²) in [5.74, 6) is 0.957. The highest BCUT2D eigenvalue weighted by Gasteiger charge is 2.24. The molecule has 0 radical (unpaired) electrons. The molecule has 1 aliphatic heterocycles. The first-order chi connectivity index (χ1) is 9.63. The number of aromatic nitrogens is 1. The molecule has 0 fully saturated rings. The molecule has 0 unspecified atom stereocenters. The van der Waals surface area contributed by atoms with Gasteiger partial charge in [0.15, 0.2) is 0 Å². The third-order valence-corrected chi connectivity index (χ3v) is 3.39. The Bertz CT molecular complexity index is 464. The number of anilines is 1. The normalized spacial score (nSPS) is 14.8. The fourth-order valence-electron chi connectivity index (χ4n) is 2.34. The maximum atomic E-state index is 12.2. The quantitative estimate of drug-likeness (QED) is 0.828. The first-order valence-corrected chi connectivity index (χ1v) is 6.77. The molecular weight excluding hydrogens is 256 g/mol. The molecule has 0 atom stereocenters. The van der Waals surface area contributed by atoms with Crippen molar-refractivity contribution in [1.82, 2.24) is 14.8 Å². The number of ether oxygens (including phenoxy) is 1. The summed E-state index contributed by atoms with van der Waals surface area (Å²) in [6.07, 6.45) is 1.79. The summed E-state index contributed by atoms with van der Waals surface area (Å²) in [5, 5.41) is 0. The van der Waals surface area contributed by atoms with Gasteiger partial charge in [-0.25, -0.2) is 9.78 Å². The van der Waals surface area contributed by atoms with Crippen LogP contribution in [0.1, 0.15) is 5.56 Å². The Labute approximate surface area is 119 Å². The summed E-state index contributed by atoms with van der Waals surface area (Å²) in [6.45, 7) is 3.50. The second kappa shape index (κ2) is 6.56. The molecule has 0 spiro atoms. The maximum absolute atomic E-state index is 12.2. The van der Waals surface area contributed by atoms with Crippen molar-refractivity contribution in [2.75, 3.05) is 52.3 Å². The third kappa shape index (κ3) is 3.19. The number of nitrogens with zero attached hydrogens (tertiary/aromatic N) is 4. The lowest BCUT2D eigenvalue weighted by Gasteiger charge is -2.25. The van der Waals surface area contributed by atoms with Crippen LogP contribution >= 0.6 is 0 Å². The number of carbonyl (C=O) groups excluding carboxylic acids is 1. The van der Waals surface area contributed by atoms with Crippen LogP contribution in [0.4, 0.5) is 10.6 Å². The zero-order chi connectivity index (χ0) is 14.5. The number of rotatable bonds is 3. The van der Waals surface area contributed by atoms with Crippen molar-refractivity contribution in [2.45, 2.75) is 6.54 Å². The van der Waals surface area contributed by atoms with Gasteiger partial charge in [0.25, 0.3) is 0 Å². The Morgan fingerprint density at radius 2 is 2.25 bits per heavy atom. The predicted molar refractivity (Wildman–Crippen MR) is 77.8 cm³/mol. The van der Waals surface area contributed by atoms with Crippen molar-refractivity contribution in [2.24, 2.45) is 0 Å². The van der Waals surface area contributed by atoms with Gasteiger partial charge in [-0.2, -0.15) is 0 Å². The first kappa shape index (κ1) is 14.6. The van der Waals surface area contributed by atoms with Gasteiger partial charge >= 0.3 is 6.03 Å². The van der Waals surface area contributed by atoms with Gasteiger partial charge < -0.3 is 19.4 Å². The molecule has 6 nitrogen and oxygen atoms in total. The van der Waals surface area contributed by atoms with E-state index in [1.165, 1.54) is 0 Å². The minimum Gasteiger partial charge on any atom is -0.383 e. The van der Waals surface area contributed by atoms with E-state index in [1.54, 1.807) is 32.3 Å². The van der Waals surface area contributed by atoms with Crippen LogP contribution in [0, 0.1) is 0 Å². The number of hydrogen-bond donors (Lipinski definition) is 0. The van der Waals surface area contributed by atoms with Gasteiger partial charge in [-0.1, -0.05) is 6.07 Å². The highest BCUT2D eigenvalue weighted by Crippen LogP contribution is 2.22. The molecule has 2 rings (SSSR count). The van der Waals surface area contributed by atoms with Crippen molar-refractivity contribution in [3.8, 4) is 0 Å². The van der Waals surface area contributed by atoms with Crippen LogP contribution in [-0.2, 0) is 11.3 Å². The van der Waals surface area contributed by atoms with E-state index in [2.05, 4.69) is 9.88 Å². The van der Waals surface area contributed by atoms with Gasteiger partial charge in [0.1, 0.15) is 5.82 Å². The standard InChI is InChI=1S/C14H22N4O2/c1-16(2)14(19)18-8-7-17(9-10-20-3)13-12(11-18)5-4-6-15-13/h4-6H,7-11H2,1-3H3. The van der Waals surface area contributed by atoms with Crippen LogP contribution in [0.3, 0.4) is 0 Å². The molecule has 1 aromatic rings. The van der Waals surface area contributed by atoms with Crippen LogP contribution in [0.5, 0.6) is 0 Å². The predicted octanol–water partition coefficient (Wildman–Crippen LogP) is 1.03. The van der Waals surface area contributed by atoms with Gasteiger partial charge in [0.2, 0.25) is 0 Å². The van der Waals surface area contributed by atoms with Crippen LogP contribution in [0.15, 0.2) is 18.3 Å². The molecule has 0 aliphatic carbocycles. The molecule has 0 bridgehead atoms. The topological polar surface area (TPSA) is 48.9 Å². The van der Waals surface area contributed by atoms with E-state index in [0.717, 1.165) is 24.5 Å². The summed E-state index contributed by atoms with van der Waals surface area (Å²) in [6, 6.07) is 3.98. The van der Waals surface area contributed by atoms with Crippen molar-refractivity contribution < 1.29 is 9.53 Å². The number of amides is 2. The second-order valence-corrected chi connectivity index (χ2v) is 5.06. The van der Waals surface area contributed by atoms with Gasteiger partial charge in [-0.3, -0.25) is 0 Å². The lowest BCUT2D eigenvalue weighted by atomic mass is 10.2. The van der Waals surface area contributed by atoms with E-state index in [1.807, 2.05) is 17.0 Å². The summed E-state index contributed by atoms with van der Waals surface area (Å²) in [4.78, 5) is 22.3. The molecule has 2 heterocycles. The average molecular weight is 278 g/mol. The fraction of sp³-hybridized carbons (Fsp3) is 0.571. The number of methoxy groups -OCH3 is 1. The number of carbonyl (C=O) groups is 1. The van der Waals surface area contributed by atoms with Crippen LogP contribution in [-0.4, -0.2) is 68.3 Å². The second-order valence-electron chi connectivity index (χ2n) is 5.06. The number of hydrogen-bond acceptors (Lipinski definition) is 4. The first-order valence-electron chi connectivity index (χ1n) is 6.77. The lowest BCUT2D eigenvalue weighted by molar-refractivity contribution is 0.170. The molecule has 6 heteroatoms. The fourth-order valence-corrected chi connectivity index (χ4v) is 2.34. The van der Waals surface area contributed by atoms with Crippen molar-refractivity contribution in [1.29, 1.82) is 0 Å². The Hall–Kier alpha value is -1.82. The lowest BCUT2D eigenvalue weighted by Crippen LogP contribution is -2.41. The molecule has 1 aromatic heterocycles. The van der Waals surface area contributed by atoms with Crippen LogP contribution < -0.4 is 4.90 Å². The summed E-state index contributed by atoms with van der Waals surface area (Å²) in [5.41, 5.74) is 1.08. The Kier molecular flexibility index (Phi) is 4.79. The van der Waals surface area contributed by atoms with Gasteiger partial charge in [0.05, 0.1) is 13.2 Å². The highest BCUT2D eigenvalue weighted by molar-refractivity contribution is 5.74. The van der Waals surface area contributed by atoms with E-state index in [-0.39, 0.29) is 6.03 Å². The summed E-state index contributed by atoms with van der Waals surface area (Å²) >= 11 is 0. The summed E-state index contributed by atoms with van der Waals surface area (Å²) in [7, 11) is 5.25. The minimum absolute atomic E-state index is 0.0356. The SMILES string of the molecule is COCCN1CCN(C(=O)N(C)C)Cc2cccnc21.